The molecular weight excluding hydrogens is 328 g/mol. The quantitative estimate of drug-likeness (QED) is 0.745. The predicted molar refractivity (Wildman–Crippen MR) is 79.5 cm³/mol. The maximum Gasteiger partial charge on any atom is 0.241 e. The van der Waals surface area contributed by atoms with Gasteiger partial charge >= 0.3 is 0 Å². The lowest BCUT2D eigenvalue weighted by molar-refractivity contribution is 0.580. The van der Waals surface area contributed by atoms with Gasteiger partial charge in [-0.05, 0) is 59.4 Å². The third-order valence-electron chi connectivity index (χ3n) is 2.94. The molecule has 6 heteroatoms. The predicted octanol–water partition coefficient (Wildman–Crippen LogP) is 2.39. The molecule has 0 aromatic heterocycles. The number of nitrogens with one attached hydrogen (secondary N) is 2. The molecule has 0 bridgehead atoms. The lowest BCUT2D eigenvalue weighted by Gasteiger charge is -2.10. The fourth-order valence-electron chi connectivity index (χ4n) is 1.76. The highest BCUT2D eigenvalue weighted by Gasteiger charge is 2.29. The summed E-state index contributed by atoms with van der Waals surface area (Å²) in [5, 5.41) is 3.27. The van der Waals surface area contributed by atoms with Gasteiger partial charge in [0, 0.05) is 17.1 Å². The first-order valence-electron chi connectivity index (χ1n) is 6.54. The van der Waals surface area contributed by atoms with Crippen molar-refractivity contribution >= 4 is 26.0 Å². The molecule has 1 saturated carbocycles. The van der Waals surface area contributed by atoms with Gasteiger partial charge in [-0.15, -0.1) is 0 Å². The molecule has 4 nitrogen and oxygen atoms in total. The van der Waals surface area contributed by atoms with Gasteiger partial charge in [0.1, 0.15) is 0 Å². The summed E-state index contributed by atoms with van der Waals surface area (Å²) in [4.78, 5) is 0.329. The SMILES string of the molecule is CCCNCc1ccc(Br)c(S(=O)(=O)NC2CC2)c1. The summed E-state index contributed by atoms with van der Waals surface area (Å²) in [6, 6.07) is 5.59. The third-order valence-corrected chi connectivity index (χ3v) is 5.45. The molecule has 2 N–H and O–H groups in total. The molecule has 0 saturated heterocycles. The molecule has 0 radical (unpaired) electrons. The number of rotatable bonds is 7. The number of halogens is 1. The van der Waals surface area contributed by atoms with E-state index >= 15 is 0 Å². The number of hydrogen-bond acceptors (Lipinski definition) is 3. The average Bonchev–Trinajstić information content (AvgIpc) is 3.14. The molecule has 19 heavy (non-hydrogen) atoms. The molecule has 1 aliphatic carbocycles. The van der Waals surface area contributed by atoms with Crippen molar-refractivity contribution in [1.29, 1.82) is 0 Å². The van der Waals surface area contributed by atoms with Crippen molar-refractivity contribution in [1.82, 2.24) is 10.0 Å². The van der Waals surface area contributed by atoms with Crippen molar-refractivity contribution in [2.45, 2.75) is 43.7 Å². The second kappa shape index (κ2) is 6.35. The molecule has 1 fully saturated rings. The molecule has 0 spiro atoms. The number of hydrogen-bond donors (Lipinski definition) is 2. The minimum Gasteiger partial charge on any atom is -0.313 e. The van der Waals surface area contributed by atoms with E-state index in [4.69, 9.17) is 0 Å². The van der Waals surface area contributed by atoms with Crippen LogP contribution >= 0.6 is 15.9 Å². The van der Waals surface area contributed by atoms with Gasteiger partial charge in [-0.25, -0.2) is 13.1 Å². The molecule has 0 atom stereocenters. The van der Waals surface area contributed by atoms with Crippen LogP contribution in [0.15, 0.2) is 27.6 Å². The minimum atomic E-state index is -3.41. The van der Waals surface area contributed by atoms with E-state index in [0.717, 1.165) is 31.4 Å². The van der Waals surface area contributed by atoms with Gasteiger partial charge in [0.05, 0.1) is 4.90 Å². The Kier molecular flexibility index (Phi) is 5.00. The minimum absolute atomic E-state index is 0.124. The van der Waals surface area contributed by atoms with Gasteiger partial charge in [-0.1, -0.05) is 13.0 Å². The van der Waals surface area contributed by atoms with Crippen LogP contribution in [0, 0.1) is 0 Å². The van der Waals surface area contributed by atoms with E-state index in [-0.39, 0.29) is 6.04 Å². The van der Waals surface area contributed by atoms with E-state index in [2.05, 4.69) is 32.9 Å². The van der Waals surface area contributed by atoms with Crippen LogP contribution in [0.4, 0.5) is 0 Å². The number of benzene rings is 1. The van der Waals surface area contributed by atoms with Crippen molar-refractivity contribution < 1.29 is 8.42 Å². The third kappa shape index (κ3) is 4.27. The molecule has 1 aromatic carbocycles. The van der Waals surface area contributed by atoms with Crippen LogP contribution in [0.5, 0.6) is 0 Å². The lowest BCUT2D eigenvalue weighted by atomic mass is 10.2. The topological polar surface area (TPSA) is 58.2 Å². The lowest BCUT2D eigenvalue weighted by Crippen LogP contribution is -2.26. The van der Waals surface area contributed by atoms with Crippen molar-refractivity contribution in [3.63, 3.8) is 0 Å². The Morgan fingerprint density at radius 2 is 2.11 bits per heavy atom. The zero-order valence-electron chi connectivity index (χ0n) is 10.9. The Hall–Kier alpha value is -0.430. The molecule has 0 heterocycles. The van der Waals surface area contributed by atoms with Crippen molar-refractivity contribution in [3.05, 3.63) is 28.2 Å². The van der Waals surface area contributed by atoms with Gasteiger partial charge in [-0.2, -0.15) is 0 Å². The Morgan fingerprint density at radius 1 is 1.37 bits per heavy atom. The first-order valence-corrected chi connectivity index (χ1v) is 8.82. The summed E-state index contributed by atoms with van der Waals surface area (Å²) in [6.07, 6.45) is 2.94. The van der Waals surface area contributed by atoms with Crippen LogP contribution in [0.3, 0.4) is 0 Å². The van der Waals surface area contributed by atoms with Gasteiger partial charge in [0.2, 0.25) is 10.0 Å². The van der Waals surface area contributed by atoms with Gasteiger partial charge in [0.15, 0.2) is 0 Å². The fraction of sp³-hybridized carbons (Fsp3) is 0.538. The molecule has 2 rings (SSSR count). The Morgan fingerprint density at radius 3 is 2.74 bits per heavy atom. The van der Waals surface area contributed by atoms with Crippen molar-refractivity contribution in [2.24, 2.45) is 0 Å². The second-order valence-electron chi connectivity index (χ2n) is 4.84. The summed E-state index contributed by atoms with van der Waals surface area (Å²) >= 11 is 3.32. The fourth-order valence-corrected chi connectivity index (χ4v) is 4.08. The molecule has 0 aliphatic heterocycles. The van der Waals surface area contributed by atoms with Crippen LogP contribution in [-0.4, -0.2) is 21.0 Å². The van der Waals surface area contributed by atoms with E-state index < -0.39 is 10.0 Å². The maximum absolute atomic E-state index is 12.2. The highest BCUT2D eigenvalue weighted by molar-refractivity contribution is 9.10. The summed E-state index contributed by atoms with van der Waals surface area (Å²) < 4.78 is 27.8. The largest absolute Gasteiger partial charge is 0.313 e. The molecule has 1 aromatic rings. The molecular formula is C13H19BrN2O2S. The highest BCUT2D eigenvalue weighted by Crippen LogP contribution is 2.27. The van der Waals surface area contributed by atoms with E-state index in [1.807, 2.05) is 6.07 Å². The monoisotopic (exact) mass is 346 g/mol. The smallest absolute Gasteiger partial charge is 0.241 e. The van der Waals surface area contributed by atoms with E-state index in [0.29, 0.717) is 15.9 Å². The van der Waals surface area contributed by atoms with Gasteiger partial charge in [0.25, 0.3) is 0 Å². The highest BCUT2D eigenvalue weighted by atomic mass is 79.9. The van der Waals surface area contributed by atoms with Crippen LogP contribution in [0.25, 0.3) is 0 Å². The van der Waals surface area contributed by atoms with Crippen LogP contribution in [0.1, 0.15) is 31.7 Å². The summed E-state index contributed by atoms with van der Waals surface area (Å²) in [5.41, 5.74) is 0.979. The zero-order chi connectivity index (χ0) is 13.9. The summed E-state index contributed by atoms with van der Waals surface area (Å²) in [7, 11) is -3.41. The molecule has 1 aliphatic rings. The van der Waals surface area contributed by atoms with Crippen LogP contribution < -0.4 is 10.0 Å². The normalized spacial score (nSPS) is 15.7. The molecule has 0 unspecified atom stereocenters. The zero-order valence-corrected chi connectivity index (χ0v) is 13.4. The van der Waals surface area contributed by atoms with Crippen molar-refractivity contribution in [2.75, 3.05) is 6.54 Å². The second-order valence-corrected chi connectivity index (χ2v) is 7.37. The number of sulfonamides is 1. The molecule has 106 valence electrons. The first kappa shape index (κ1) is 15.0. The maximum atomic E-state index is 12.2. The standard InChI is InChI=1S/C13H19BrN2O2S/c1-2-7-15-9-10-3-6-12(14)13(8-10)19(17,18)16-11-4-5-11/h3,6,8,11,15-16H,2,4-5,7,9H2,1H3. The summed E-state index contributed by atoms with van der Waals surface area (Å²) in [5.74, 6) is 0. The Balaban J connectivity index is 2.16. The van der Waals surface area contributed by atoms with E-state index in [1.165, 1.54) is 0 Å². The van der Waals surface area contributed by atoms with Crippen LogP contribution in [0.2, 0.25) is 0 Å². The Labute approximate surface area is 123 Å². The summed E-state index contributed by atoms with van der Waals surface area (Å²) in [6.45, 7) is 3.72. The van der Waals surface area contributed by atoms with Gasteiger partial charge < -0.3 is 5.32 Å². The van der Waals surface area contributed by atoms with E-state index in [9.17, 15) is 8.42 Å². The Bertz CT molecular complexity index is 542. The van der Waals surface area contributed by atoms with Crippen molar-refractivity contribution in [3.8, 4) is 0 Å². The average molecular weight is 347 g/mol. The van der Waals surface area contributed by atoms with E-state index in [1.54, 1.807) is 12.1 Å². The first-order chi connectivity index (χ1) is 9.03. The van der Waals surface area contributed by atoms with Gasteiger partial charge in [-0.3, -0.25) is 0 Å². The van der Waals surface area contributed by atoms with Crippen LogP contribution in [-0.2, 0) is 16.6 Å². The molecule has 0 amide bonds.